The van der Waals surface area contributed by atoms with Gasteiger partial charge >= 0.3 is 16.1 Å². The van der Waals surface area contributed by atoms with Gasteiger partial charge in [-0.3, -0.25) is 0 Å². The van der Waals surface area contributed by atoms with Crippen LogP contribution in [0, 0.1) is 6.92 Å². The van der Waals surface area contributed by atoms with Crippen LogP contribution in [0.5, 0.6) is 11.5 Å². The molecule has 0 fully saturated rings. The molecule has 0 radical (unpaired) electrons. The minimum Gasteiger partial charge on any atom is -0.490 e. The maximum Gasteiger partial charge on any atom is 0.339 e. The summed E-state index contributed by atoms with van der Waals surface area (Å²) < 4.78 is 36.3. The summed E-state index contributed by atoms with van der Waals surface area (Å²) in [6.07, 6.45) is 1.33. The molecular formula is C17H18BrN3O5S. The van der Waals surface area contributed by atoms with Gasteiger partial charge in [0, 0.05) is 0 Å². The average molecular weight is 456 g/mol. The first-order valence-corrected chi connectivity index (χ1v) is 9.99. The first-order valence-electron chi connectivity index (χ1n) is 7.79. The van der Waals surface area contributed by atoms with Crippen molar-refractivity contribution < 1.29 is 22.1 Å². The quantitative estimate of drug-likeness (QED) is 0.377. The number of nitrogens with zero attached hydrogens (tertiary/aromatic N) is 1. The number of rotatable bonds is 7. The first-order chi connectivity index (χ1) is 12.7. The number of benzene rings is 2. The van der Waals surface area contributed by atoms with Crippen LogP contribution in [0.1, 0.15) is 18.1 Å². The van der Waals surface area contributed by atoms with E-state index in [0.717, 1.165) is 5.56 Å². The molecule has 0 aliphatic heterocycles. The molecule has 0 atom stereocenters. The van der Waals surface area contributed by atoms with Crippen LogP contribution in [0.4, 0.5) is 4.79 Å². The van der Waals surface area contributed by atoms with E-state index in [2.05, 4.69) is 26.5 Å². The van der Waals surface area contributed by atoms with Crippen molar-refractivity contribution in [2.24, 2.45) is 10.8 Å². The van der Waals surface area contributed by atoms with E-state index in [1.54, 1.807) is 25.1 Å². The lowest BCUT2D eigenvalue weighted by molar-refractivity contribution is 0.249. The number of urea groups is 1. The Morgan fingerprint density at radius 3 is 2.56 bits per heavy atom. The zero-order chi connectivity index (χ0) is 20.0. The van der Waals surface area contributed by atoms with Crippen LogP contribution >= 0.6 is 15.9 Å². The number of carbonyl (C=O) groups is 1. The van der Waals surface area contributed by atoms with Gasteiger partial charge in [0.15, 0.2) is 11.5 Å². The summed E-state index contributed by atoms with van der Waals surface area (Å²) in [5.74, 6) is 0.209. The molecule has 0 saturated carbocycles. The monoisotopic (exact) mass is 455 g/mol. The SMILES string of the molecule is CCOc1cc(/C=N\NC(N)=O)cc(Br)c1OS(=O)(=O)c1ccc(C)cc1. The van der Waals surface area contributed by atoms with Crippen LogP contribution in [0.2, 0.25) is 0 Å². The van der Waals surface area contributed by atoms with Gasteiger partial charge < -0.3 is 14.7 Å². The molecule has 0 aromatic heterocycles. The molecule has 0 bridgehead atoms. The molecule has 2 rings (SSSR count). The van der Waals surface area contributed by atoms with Gasteiger partial charge in [0.25, 0.3) is 0 Å². The van der Waals surface area contributed by atoms with Crippen molar-refractivity contribution in [3.05, 3.63) is 52.0 Å². The molecule has 0 aliphatic carbocycles. The summed E-state index contributed by atoms with van der Waals surface area (Å²) in [4.78, 5) is 10.7. The van der Waals surface area contributed by atoms with Crippen LogP contribution in [0.15, 0.2) is 50.9 Å². The molecule has 27 heavy (non-hydrogen) atoms. The van der Waals surface area contributed by atoms with E-state index in [1.165, 1.54) is 24.4 Å². The van der Waals surface area contributed by atoms with Crippen LogP contribution in [0.25, 0.3) is 0 Å². The number of carbonyl (C=O) groups excluding carboxylic acids is 1. The van der Waals surface area contributed by atoms with E-state index < -0.39 is 16.1 Å². The Balaban J connectivity index is 2.38. The van der Waals surface area contributed by atoms with Crippen molar-refractivity contribution in [3.63, 3.8) is 0 Å². The minimum absolute atomic E-state index is 0.0115. The van der Waals surface area contributed by atoms with Crippen molar-refractivity contribution in [2.45, 2.75) is 18.7 Å². The number of hydrazone groups is 1. The highest BCUT2D eigenvalue weighted by Gasteiger charge is 2.22. The predicted molar refractivity (Wildman–Crippen MR) is 105 cm³/mol. The van der Waals surface area contributed by atoms with E-state index >= 15 is 0 Å². The Morgan fingerprint density at radius 1 is 1.30 bits per heavy atom. The fourth-order valence-corrected chi connectivity index (χ4v) is 3.64. The predicted octanol–water partition coefficient (Wildman–Crippen LogP) is 2.93. The second kappa shape index (κ2) is 8.87. The summed E-state index contributed by atoms with van der Waals surface area (Å²) in [5, 5.41) is 3.66. The maximum absolute atomic E-state index is 12.6. The van der Waals surface area contributed by atoms with E-state index in [4.69, 9.17) is 14.7 Å². The van der Waals surface area contributed by atoms with Gasteiger partial charge in [0.2, 0.25) is 0 Å². The highest BCUT2D eigenvalue weighted by molar-refractivity contribution is 9.10. The summed E-state index contributed by atoms with van der Waals surface area (Å²) >= 11 is 3.28. The number of ether oxygens (including phenoxy) is 1. The van der Waals surface area contributed by atoms with Crippen molar-refractivity contribution in [1.82, 2.24) is 5.43 Å². The molecule has 3 N–H and O–H groups in total. The number of hydrogen-bond donors (Lipinski definition) is 2. The largest absolute Gasteiger partial charge is 0.490 e. The molecule has 0 saturated heterocycles. The number of halogens is 1. The summed E-state index contributed by atoms with van der Waals surface area (Å²) in [5.41, 5.74) is 8.46. The molecular weight excluding hydrogens is 438 g/mol. The Morgan fingerprint density at radius 2 is 1.96 bits per heavy atom. The van der Waals surface area contributed by atoms with Gasteiger partial charge in [-0.25, -0.2) is 10.2 Å². The summed E-state index contributed by atoms with van der Waals surface area (Å²) in [7, 11) is -4.05. The number of amides is 2. The van der Waals surface area contributed by atoms with Crippen molar-refractivity contribution in [3.8, 4) is 11.5 Å². The molecule has 8 nitrogen and oxygen atoms in total. The molecule has 2 aromatic rings. The van der Waals surface area contributed by atoms with Gasteiger partial charge in [-0.2, -0.15) is 13.5 Å². The van der Waals surface area contributed by atoms with Crippen molar-refractivity contribution in [2.75, 3.05) is 6.61 Å². The molecule has 2 amide bonds. The van der Waals surface area contributed by atoms with Crippen LogP contribution in [-0.4, -0.2) is 27.3 Å². The number of aryl methyl sites for hydroxylation is 1. The van der Waals surface area contributed by atoms with Crippen LogP contribution < -0.4 is 20.1 Å². The average Bonchev–Trinajstić information content (AvgIpc) is 2.58. The molecule has 0 heterocycles. The van der Waals surface area contributed by atoms with Crippen LogP contribution in [-0.2, 0) is 10.1 Å². The Hall–Kier alpha value is -2.59. The van der Waals surface area contributed by atoms with Gasteiger partial charge in [0.1, 0.15) is 4.90 Å². The molecule has 0 spiro atoms. The normalized spacial score (nSPS) is 11.4. The molecule has 0 aliphatic rings. The lowest BCUT2D eigenvalue weighted by Crippen LogP contribution is -2.24. The number of primary amides is 1. The minimum atomic E-state index is -4.05. The summed E-state index contributed by atoms with van der Waals surface area (Å²) in [6.45, 7) is 3.89. The highest BCUT2D eigenvalue weighted by Crippen LogP contribution is 2.38. The van der Waals surface area contributed by atoms with Crippen molar-refractivity contribution in [1.29, 1.82) is 0 Å². The standard InChI is InChI=1S/C17H18BrN3O5S/c1-3-25-15-9-12(10-20-21-17(19)22)8-14(18)16(15)26-27(23,24)13-6-4-11(2)5-7-13/h4-10H,3H2,1-2H3,(H3,19,21,22)/b20-10-. The number of nitrogens with one attached hydrogen (secondary N) is 1. The Bertz CT molecular complexity index is 959. The van der Waals surface area contributed by atoms with Gasteiger partial charge in [-0.05, 0) is 59.6 Å². The smallest absolute Gasteiger partial charge is 0.339 e. The molecule has 2 aromatic carbocycles. The van der Waals surface area contributed by atoms with E-state index in [-0.39, 0.29) is 23.0 Å². The molecule has 10 heteroatoms. The number of hydrogen-bond acceptors (Lipinski definition) is 6. The van der Waals surface area contributed by atoms with Gasteiger partial charge in [0.05, 0.1) is 17.3 Å². The third-order valence-corrected chi connectivity index (χ3v) is 5.05. The van der Waals surface area contributed by atoms with E-state index in [0.29, 0.717) is 10.0 Å². The topological polar surface area (TPSA) is 120 Å². The van der Waals surface area contributed by atoms with Crippen molar-refractivity contribution >= 4 is 38.3 Å². The van der Waals surface area contributed by atoms with Gasteiger partial charge in [-0.1, -0.05) is 17.7 Å². The van der Waals surface area contributed by atoms with Gasteiger partial charge in [-0.15, -0.1) is 0 Å². The van der Waals surface area contributed by atoms with E-state index in [9.17, 15) is 13.2 Å². The first kappa shape index (κ1) is 20.7. The maximum atomic E-state index is 12.6. The fraction of sp³-hybridized carbons (Fsp3) is 0.176. The third kappa shape index (κ3) is 5.69. The lowest BCUT2D eigenvalue weighted by atomic mass is 10.2. The Kier molecular flexibility index (Phi) is 6.81. The zero-order valence-corrected chi connectivity index (χ0v) is 17.0. The molecule has 0 unspecified atom stereocenters. The fourth-order valence-electron chi connectivity index (χ4n) is 2.04. The Labute approximate surface area is 165 Å². The van der Waals surface area contributed by atoms with Crippen LogP contribution in [0.3, 0.4) is 0 Å². The third-order valence-electron chi connectivity index (χ3n) is 3.22. The summed E-state index contributed by atoms with van der Waals surface area (Å²) in [6, 6.07) is 8.58. The zero-order valence-electron chi connectivity index (χ0n) is 14.6. The second-order valence-corrected chi connectivity index (χ2v) is 7.75. The number of nitrogens with two attached hydrogens (primary N) is 1. The highest BCUT2D eigenvalue weighted by atomic mass is 79.9. The molecule has 144 valence electrons. The van der Waals surface area contributed by atoms with E-state index in [1.807, 2.05) is 6.92 Å². The lowest BCUT2D eigenvalue weighted by Gasteiger charge is -2.14. The second-order valence-electron chi connectivity index (χ2n) is 5.35.